The molecule has 0 radical (unpaired) electrons. The number of benzene rings is 8. The van der Waals surface area contributed by atoms with E-state index in [0.29, 0.717) is 17.5 Å². The first-order chi connectivity index (χ1) is 26.7. The number of hydrogen-bond acceptors (Lipinski definition) is 5. The molecule has 11 rings (SSSR count). The van der Waals surface area contributed by atoms with Gasteiger partial charge in [-0.3, -0.25) is 0 Å². The van der Waals surface area contributed by atoms with Crippen molar-refractivity contribution in [2.24, 2.45) is 0 Å². The molecule has 3 aromatic heterocycles. The highest BCUT2D eigenvalue weighted by molar-refractivity contribution is 6.14. The quantitative estimate of drug-likeness (QED) is 0.180. The molecule has 8 aromatic carbocycles. The smallest absolute Gasteiger partial charge is 0.164 e. The number of fused-ring (bicyclic) bond motifs is 7. The average molecular weight is 692 g/mol. The number of rotatable bonds is 5. The number of hydrogen-bond donors (Lipinski definition) is 0. The van der Waals surface area contributed by atoms with E-state index in [1.54, 1.807) is 0 Å². The molecule has 0 amide bonds. The van der Waals surface area contributed by atoms with Crippen molar-refractivity contribution in [3.8, 4) is 56.4 Å². The zero-order valence-electron chi connectivity index (χ0n) is 28.9. The molecule has 5 nitrogen and oxygen atoms in total. The first-order valence-corrected chi connectivity index (χ1v) is 18.0. The van der Waals surface area contributed by atoms with Gasteiger partial charge in [0.2, 0.25) is 0 Å². The molecule has 0 spiro atoms. The summed E-state index contributed by atoms with van der Waals surface area (Å²) in [7, 11) is 0. The molecule has 0 unspecified atom stereocenters. The van der Waals surface area contributed by atoms with Crippen LogP contribution >= 0.6 is 0 Å². The minimum absolute atomic E-state index is 0.565. The molecular formula is C49H29N3O2. The van der Waals surface area contributed by atoms with Crippen LogP contribution in [-0.2, 0) is 0 Å². The normalized spacial score (nSPS) is 11.7. The molecular weight excluding hydrogens is 663 g/mol. The topological polar surface area (TPSA) is 65.0 Å². The number of para-hydroxylation sites is 2. The third kappa shape index (κ3) is 4.98. The van der Waals surface area contributed by atoms with E-state index >= 15 is 0 Å². The maximum Gasteiger partial charge on any atom is 0.164 e. The molecule has 0 saturated carbocycles. The SMILES string of the molecule is c1ccc(-c2ccc3cc(-c4cc(-c5nc(-c6ccccc6)nc(-c6cccc7oc8ccccc8c67)n5)c5c(c4)oc4ccccc45)ccc3c2)cc1. The van der Waals surface area contributed by atoms with Crippen molar-refractivity contribution in [1.29, 1.82) is 0 Å². The van der Waals surface area contributed by atoms with Gasteiger partial charge in [-0.05, 0) is 75.5 Å². The van der Waals surface area contributed by atoms with E-state index in [1.807, 2.05) is 84.9 Å². The Morgan fingerprint density at radius 2 is 0.815 bits per heavy atom. The molecule has 0 aliphatic carbocycles. The van der Waals surface area contributed by atoms with Crippen molar-refractivity contribution in [1.82, 2.24) is 15.0 Å². The largest absolute Gasteiger partial charge is 0.456 e. The van der Waals surface area contributed by atoms with Crippen LogP contribution in [0.4, 0.5) is 0 Å². The van der Waals surface area contributed by atoms with Crippen LogP contribution in [0.5, 0.6) is 0 Å². The molecule has 0 aliphatic rings. The van der Waals surface area contributed by atoms with Gasteiger partial charge in [0.15, 0.2) is 17.5 Å². The molecule has 252 valence electrons. The van der Waals surface area contributed by atoms with Gasteiger partial charge in [0.05, 0.1) is 0 Å². The van der Waals surface area contributed by atoms with Gasteiger partial charge in [0, 0.05) is 38.2 Å². The summed E-state index contributed by atoms with van der Waals surface area (Å²) >= 11 is 0. The van der Waals surface area contributed by atoms with Crippen molar-refractivity contribution in [3.05, 3.63) is 176 Å². The monoisotopic (exact) mass is 691 g/mol. The van der Waals surface area contributed by atoms with Gasteiger partial charge in [-0.25, -0.2) is 15.0 Å². The molecule has 0 bridgehead atoms. The highest BCUT2D eigenvalue weighted by atomic mass is 16.3. The van der Waals surface area contributed by atoms with Gasteiger partial charge in [0.25, 0.3) is 0 Å². The van der Waals surface area contributed by atoms with Gasteiger partial charge in [-0.2, -0.15) is 0 Å². The average Bonchev–Trinajstić information content (AvgIpc) is 3.82. The van der Waals surface area contributed by atoms with E-state index in [-0.39, 0.29) is 0 Å². The predicted octanol–water partition coefficient (Wildman–Crippen LogP) is 13.2. The Morgan fingerprint density at radius 1 is 0.296 bits per heavy atom. The fourth-order valence-corrected chi connectivity index (χ4v) is 7.73. The van der Waals surface area contributed by atoms with E-state index in [2.05, 4.69) is 91.0 Å². The molecule has 0 N–H and O–H groups in total. The standard InChI is InChI=1S/C49H29N3O2/c1-3-12-30(13-4-1)32-22-23-34-27-35(25-24-33(34)26-32)36-28-40(46-38-17-8-10-20-42(38)54-44(46)29-36)49-51-47(31-14-5-2-6-15-31)50-48(52-49)39-18-11-21-43-45(39)37-16-7-9-19-41(37)53-43/h1-29H. The summed E-state index contributed by atoms with van der Waals surface area (Å²) in [6.07, 6.45) is 0. The fourth-order valence-electron chi connectivity index (χ4n) is 7.73. The zero-order chi connectivity index (χ0) is 35.6. The summed E-state index contributed by atoms with van der Waals surface area (Å²) in [4.78, 5) is 15.6. The molecule has 0 atom stereocenters. The first-order valence-electron chi connectivity index (χ1n) is 18.0. The van der Waals surface area contributed by atoms with E-state index in [0.717, 1.165) is 77.1 Å². The molecule has 54 heavy (non-hydrogen) atoms. The van der Waals surface area contributed by atoms with E-state index in [4.69, 9.17) is 23.8 Å². The summed E-state index contributed by atoms with van der Waals surface area (Å²) in [6.45, 7) is 0. The Hall–Kier alpha value is -7.37. The molecule has 3 heterocycles. The van der Waals surface area contributed by atoms with Gasteiger partial charge >= 0.3 is 0 Å². The minimum Gasteiger partial charge on any atom is -0.456 e. The summed E-state index contributed by atoms with van der Waals surface area (Å²) in [5, 5.41) is 6.30. The predicted molar refractivity (Wildman–Crippen MR) is 219 cm³/mol. The van der Waals surface area contributed by atoms with E-state index in [9.17, 15) is 0 Å². The van der Waals surface area contributed by atoms with Crippen LogP contribution in [0.25, 0.3) is 111 Å². The highest BCUT2D eigenvalue weighted by Gasteiger charge is 2.21. The minimum atomic E-state index is 0.565. The Bertz CT molecular complexity index is 3220. The van der Waals surface area contributed by atoms with Crippen molar-refractivity contribution < 1.29 is 8.83 Å². The fraction of sp³-hybridized carbons (Fsp3) is 0. The summed E-state index contributed by atoms with van der Waals surface area (Å²) in [5.41, 5.74) is 10.3. The van der Waals surface area contributed by atoms with E-state index in [1.165, 1.54) is 16.5 Å². The third-order valence-corrected chi connectivity index (χ3v) is 10.3. The Labute approximate surface area is 309 Å². The Balaban J connectivity index is 1.15. The second-order valence-electron chi connectivity index (χ2n) is 13.6. The lowest BCUT2D eigenvalue weighted by Gasteiger charge is -2.12. The second kappa shape index (κ2) is 12.1. The van der Waals surface area contributed by atoms with E-state index < -0.39 is 0 Å². The van der Waals surface area contributed by atoms with Gasteiger partial charge in [0.1, 0.15) is 22.3 Å². The van der Waals surface area contributed by atoms with Crippen LogP contribution < -0.4 is 0 Å². The van der Waals surface area contributed by atoms with Crippen molar-refractivity contribution in [2.75, 3.05) is 0 Å². The van der Waals surface area contributed by atoms with Crippen LogP contribution in [0.1, 0.15) is 0 Å². The Kier molecular flexibility index (Phi) is 6.79. The molecule has 0 saturated heterocycles. The van der Waals surface area contributed by atoms with Crippen LogP contribution in [0.15, 0.2) is 185 Å². The van der Waals surface area contributed by atoms with Crippen molar-refractivity contribution >= 4 is 54.6 Å². The van der Waals surface area contributed by atoms with Crippen molar-refractivity contribution in [2.45, 2.75) is 0 Å². The number of aromatic nitrogens is 3. The number of nitrogens with zero attached hydrogens (tertiary/aromatic N) is 3. The second-order valence-corrected chi connectivity index (χ2v) is 13.6. The van der Waals surface area contributed by atoms with Crippen LogP contribution in [-0.4, -0.2) is 15.0 Å². The highest BCUT2D eigenvalue weighted by Crippen LogP contribution is 2.42. The molecule has 0 aliphatic heterocycles. The lowest BCUT2D eigenvalue weighted by molar-refractivity contribution is 0.668. The molecule has 5 heteroatoms. The number of furan rings is 2. The molecule has 11 aromatic rings. The maximum atomic E-state index is 6.57. The van der Waals surface area contributed by atoms with Gasteiger partial charge in [-0.15, -0.1) is 0 Å². The summed E-state index contributed by atoms with van der Waals surface area (Å²) in [6, 6.07) is 60.5. The summed E-state index contributed by atoms with van der Waals surface area (Å²) in [5.74, 6) is 1.73. The van der Waals surface area contributed by atoms with Crippen LogP contribution in [0.2, 0.25) is 0 Å². The Morgan fingerprint density at radius 3 is 1.50 bits per heavy atom. The summed E-state index contributed by atoms with van der Waals surface area (Å²) < 4.78 is 12.9. The maximum absolute atomic E-state index is 6.57. The van der Waals surface area contributed by atoms with Crippen molar-refractivity contribution in [3.63, 3.8) is 0 Å². The van der Waals surface area contributed by atoms with Crippen LogP contribution in [0.3, 0.4) is 0 Å². The molecule has 0 fully saturated rings. The lowest BCUT2D eigenvalue weighted by Crippen LogP contribution is -2.01. The third-order valence-electron chi connectivity index (χ3n) is 10.3. The lowest BCUT2D eigenvalue weighted by atomic mass is 9.95. The zero-order valence-corrected chi connectivity index (χ0v) is 28.9. The van der Waals surface area contributed by atoms with Crippen LogP contribution in [0, 0.1) is 0 Å². The van der Waals surface area contributed by atoms with Gasteiger partial charge in [-0.1, -0.05) is 133 Å². The van der Waals surface area contributed by atoms with Gasteiger partial charge < -0.3 is 8.83 Å². The first kappa shape index (κ1) is 30.3.